The molecule has 0 radical (unpaired) electrons. The summed E-state index contributed by atoms with van der Waals surface area (Å²) in [5, 5.41) is 0. The number of hydrogen-bond donors (Lipinski definition) is 0. The molecule has 0 saturated heterocycles. The Kier molecular flexibility index (Phi) is 66.1. The largest absolute Gasteiger partial charge is 0.462 e. The predicted molar refractivity (Wildman–Crippen MR) is 344 cm³/mol. The van der Waals surface area contributed by atoms with Crippen LogP contribution in [-0.4, -0.2) is 37.2 Å². The van der Waals surface area contributed by atoms with Gasteiger partial charge in [0.2, 0.25) is 0 Å². The zero-order chi connectivity index (χ0) is 57.1. The SMILES string of the molecule is CCCCCCCC/C=C\CCCCCCCC(=O)OCC(COC(=O)CCCCCCCCCCCCC/C=C\CCCCCCCCCC)OC(=O)CCCCCCCCCCCCC/C=C\CCCCCCCCCC. The van der Waals surface area contributed by atoms with Gasteiger partial charge >= 0.3 is 17.9 Å². The van der Waals surface area contributed by atoms with E-state index >= 15 is 0 Å². The van der Waals surface area contributed by atoms with E-state index in [2.05, 4.69) is 57.2 Å². The number of esters is 3. The maximum absolute atomic E-state index is 13.0. The molecular weight excluding hydrogens is 973 g/mol. The molecule has 0 aromatic carbocycles. The standard InChI is InChI=1S/C73H136O6/c1-4-7-10-13-16-19-22-25-28-30-32-34-36-38-40-42-45-48-51-54-57-60-63-66-72(75)78-69-70(68-77-71(74)65-62-59-56-53-50-47-44-27-24-21-18-15-12-9-6-3)79-73(76)67-64-61-58-55-52-49-46-43-41-39-37-35-33-31-29-26-23-20-17-14-11-8-5-2/h27,30-33,44,70H,4-26,28-29,34-43,45-69H2,1-3H3/b32-30-,33-31-,44-27-. The van der Waals surface area contributed by atoms with Gasteiger partial charge in [0.05, 0.1) is 0 Å². The molecule has 0 bridgehead atoms. The first-order chi connectivity index (χ1) is 39.0. The van der Waals surface area contributed by atoms with Crippen LogP contribution in [0.3, 0.4) is 0 Å². The summed E-state index contributed by atoms with van der Waals surface area (Å²) in [5.41, 5.74) is 0. The topological polar surface area (TPSA) is 78.9 Å². The van der Waals surface area contributed by atoms with Gasteiger partial charge in [0.25, 0.3) is 0 Å². The highest BCUT2D eigenvalue weighted by molar-refractivity contribution is 5.71. The fraction of sp³-hybridized carbons (Fsp3) is 0.877. The van der Waals surface area contributed by atoms with Gasteiger partial charge in [-0.15, -0.1) is 0 Å². The van der Waals surface area contributed by atoms with E-state index < -0.39 is 6.10 Å². The van der Waals surface area contributed by atoms with Crippen molar-refractivity contribution >= 4 is 17.9 Å². The van der Waals surface area contributed by atoms with E-state index in [0.29, 0.717) is 19.3 Å². The lowest BCUT2D eigenvalue weighted by molar-refractivity contribution is -0.167. The van der Waals surface area contributed by atoms with Crippen molar-refractivity contribution < 1.29 is 28.6 Å². The Hall–Kier alpha value is -2.37. The number of hydrogen-bond acceptors (Lipinski definition) is 6. The van der Waals surface area contributed by atoms with E-state index in [-0.39, 0.29) is 31.1 Å². The normalized spacial score (nSPS) is 12.2. The van der Waals surface area contributed by atoms with Gasteiger partial charge in [-0.25, -0.2) is 0 Å². The Morgan fingerprint density at radius 1 is 0.241 bits per heavy atom. The van der Waals surface area contributed by atoms with Crippen LogP contribution in [0.25, 0.3) is 0 Å². The van der Waals surface area contributed by atoms with E-state index in [1.54, 1.807) is 0 Å². The Morgan fingerprint density at radius 2 is 0.418 bits per heavy atom. The molecule has 464 valence electrons. The summed E-state index contributed by atoms with van der Waals surface area (Å²) >= 11 is 0. The third-order valence-corrected chi connectivity index (χ3v) is 16.1. The second-order valence-corrected chi connectivity index (χ2v) is 24.1. The second kappa shape index (κ2) is 68.1. The molecule has 0 amide bonds. The number of allylic oxidation sites excluding steroid dienone is 6. The summed E-state index contributed by atoms with van der Waals surface area (Å²) in [6, 6.07) is 0. The molecule has 0 aliphatic carbocycles. The highest BCUT2D eigenvalue weighted by Crippen LogP contribution is 2.18. The minimum atomic E-state index is -0.776. The summed E-state index contributed by atoms with van der Waals surface area (Å²) in [5.74, 6) is -0.854. The Morgan fingerprint density at radius 3 is 0.633 bits per heavy atom. The average Bonchev–Trinajstić information content (AvgIpc) is 3.45. The summed E-state index contributed by atoms with van der Waals surface area (Å²) in [6.07, 6.45) is 84.5. The van der Waals surface area contributed by atoms with Crippen LogP contribution in [-0.2, 0) is 28.6 Å². The fourth-order valence-corrected chi connectivity index (χ4v) is 10.7. The van der Waals surface area contributed by atoms with Crippen molar-refractivity contribution in [1.29, 1.82) is 0 Å². The summed E-state index contributed by atoms with van der Waals surface area (Å²) in [6.45, 7) is 6.70. The third-order valence-electron chi connectivity index (χ3n) is 16.1. The molecule has 6 heteroatoms. The predicted octanol–water partition coefficient (Wildman–Crippen LogP) is 24.3. The number of carbonyl (C=O) groups excluding carboxylic acids is 3. The molecule has 6 nitrogen and oxygen atoms in total. The molecule has 0 N–H and O–H groups in total. The van der Waals surface area contributed by atoms with Crippen molar-refractivity contribution in [1.82, 2.24) is 0 Å². The molecular formula is C73H136O6. The van der Waals surface area contributed by atoms with Crippen molar-refractivity contribution in [2.45, 2.75) is 399 Å². The Labute approximate surface area is 493 Å². The van der Waals surface area contributed by atoms with Gasteiger partial charge in [-0.2, -0.15) is 0 Å². The number of unbranched alkanes of at least 4 members (excludes halogenated alkanes) is 49. The van der Waals surface area contributed by atoms with Gasteiger partial charge in [-0.3, -0.25) is 14.4 Å². The third kappa shape index (κ3) is 66.3. The number of rotatable bonds is 66. The first-order valence-electron chi connectivity index (χ1n) is 35.5. The monoisotopic (exact) mass is 1110 g/mol. The van der Waals surface area contributed by atoms with Crippen LogP contribution < -0.4 is 0 Å². The van der Waals surface area contributed by atoms with Gasteiger partial charge < -0.3 is 14.2 Å². The Bertz CT molecular complexity index is 1320. The smallest absolute Gasteiger partial charge is 0.306 e. The fourth-order valence-electron chi connectivity index (χ4n) is 10.7. The maximum Gasteiger partial charge on any atom is 0.306 e. The van der Waals surface area contributed by atoms with Crippen LogP contribution in [0.1, 0.15) is 393 Å². The second-order valence-electron chi connectivity index (χ2n) is 24.1. The molecule has 0 rings (SSSR count). The Balaban J connectivity index is 4.29. The molecule has 0 heterocycles. The van der Waals surface area contributed by atoms with Gasteiger partial charge in [-0.05, 0) is 96.3 Å². The van der Waals surface area contributed by atoms with Crippen molar-refractivity contribution in [3.63, 3.8) is 0 Å². The zero-order valence-corrected chi connectivity index (χ0v) is 53.4. The van der Waals surface area contributed by atoms with Crippen molar-refractivity contribution in [3.8, 4) is 0 Å². The van der Waals surface area contributed by atoms with E-state index in [1.165, 1.54) is 289 Å². The summed E-state index contributed by atoms with van der Waals surface area (Å²) < 4.78 is 17.0. The molecule has 0 saturated carbocycles. The zero-order valence-electron chi connectivity index (χ0n) is 53.4. The van der Waals surface area contributed by atoms with Gasteiger partial charge in [-0.1, -0.05) is 314 Å². The van der Waals surface area contributed by atoms with E-state index in [0.717, 1.165) is 64.2 Å². The van der Waals surface area contributed by atoms with Crippen molar-refractivity contribution in [2.24, 2.45) is 0 Å². The molecule has 0 spiro atoms. The molecule has 1 unspecified atom stereocenters. The first kappa shape index (κ1) is 76.6. The van der Waals surface area contributed by atoms with E-state index in [9.17, 15) is 14.4 Å². The quantitative estimate of drug-likeness (QED) is 0.0261. The number of ether oxygens (including phenoxy) is 3. The van der Waals surface area contributed by atoms with Crippen molar-refractivity contribution in [2.75, 3.05) is 13.2 Å². The molecule has 0 aliphatic rings. The summed E-state index contributed by atoms with van der Waals surface area (Å²) in [4.78, 5) is 38.4. The van der Waals surface area contributed by atoms with Crippen LogP contribution in [0.4, 0.5) is 0 Å². The van der Waals surface area contributed by atoms with Crippen molar-refractivity contribution in [3.05, 3.63) is 36.5 Å². The lowest BCUT2D eigenvalue weighted by atomic mass is 10.0. The van der Waals surface area contributed by atoms with E-state index in [4.69, 9.17) is 14.2 Å². The van der Waals surface area contributed by atoms with Crippen LogP contribution in [0.15, 0.2) is 36.5 Å². The summed E-state index contributed by atoms with van der Waals surface area (Å²) in [7, 11) is 0. The van der Waals surface area contributed by atoms with E-state index in [1.807, 2.05) is 0 Å². The minimum Gasteiger partial charge on any atom is -0.462 e. The van der Waals surface area contributed by atoms with Gasteiger partial charge in [0, 0.05) is 19.3 Å². The van der Waals surface area contributed by atoms with Gasteiger partial charge in [0.15, 0.2) is 6.10 Å². The number of carbonyl (C=O) groups is 3. The highest BCUT2D eigenvalue weighted by atomic mass is 16.6. The lowest BCUT2D eigenvalue weighted by Crippen LogP contribution is -2.30. The average molecular weight is 1110 g/mol. The van der Waals surface area contributed by atoms with Gasteiger partial charge in [0.1, 0.15) is 13.2 Å². The minimum absolute atomic E-state index is 0.0717. The molecule has 0 aromatic rings. The highest BCUT2D eigenvalue weighted by Gasteiger charge is 2.19. The van der Waals surface area contributed by atoms with Crippen LogP contribution in [0.5, 0.6) is 0 Å². The molecule has 0 aromatic heterocycles. The molecule has 79 heavy (non-hydrogen) atoms. The van der Waals surface area contributed by atoms with Crippen LogP contribution in [0.2, 0.25) is 0 Å². The maximum atomic E-state index is 13.0. The molecule has 1 atom stereocenters. The first-order valence-corrected chi connectivity index (χ1v) is 35.5. The van der Waals surface area contributed by atoms with Crippen LogP contribution >= 0.6 is 0 Å². The molecule has 0 fully saturated rings. The molecule has 0 aliphatic heterocycles. The van der Waals surface area contributed by atoms with Crippen LogP contribution in [0, 0.1) is 0 Å². The lowest BCUT2D eigenvalue weighted by Gasteiger charge is -2.18.